The minimum Gasteiger partial charge on any atom is -0.465 e. The van der Waals surface area contributed by atoms with Gasteiger partial charge in [0.15, 0.2) is 0 Å². The van der Waals surface area contributed by atoms with E-state index in [1.165, 1.54) is 18.2 Å². The molecule has 1 saturated heterocycles. The van der Waals surface area contributed by atoms with Crippen molar-refractivity contribution in [2.75, 3.05) is 25.1 Å². The SMILES string of the molecule is CO[C@@H]1CN(c2c(-c3cc(C)cc(F)c3)cnc3ccc(-c4cc(F)cc(F)c4CNC(=O)O)cc23)CC[C@H]1N. The van der Waals surface area contributed by atoms with Crippen LogP contribution in [0.5, 0.6) is 0 Å². The number of halogens is 3. The maximum atomic E-state index is 14.9. The van der Waals surface area contributed by atoms with Gasteiger partial charge in [0.25, 0.3) is 0 Å². The van der Waals surface area contributed by atoms with Crippen molar-refractivity contribution in [1.29, 1.82) is 0 Å². The molecule has 0 spiro atoms. The predicted molar refractivity (Wildman–Crippen MR) is 148 cm³/mol. The number of ether oxygens (including phenoxy) is 1. The topological polar surface area (TPSA) is 101 Å². The highest BCUT2D eigenvalue weighted by atomic mass is 19.1. The fourth-order valence-electron chi connectivity index (χ4n) is 5.38. The zero-order valence-corrected chi connectivity index (χ0v) is 22.0. The number of pyridine rings is 1. The maximum Gasteiger partial charge on any atom is 0.404 e. The monoisotopic (exact) mass is 550 g/mol. The number of methoxy groups -OCH3 is 1. The predicted octanol–water partition coefficient (Wildman–Crippen LogP) is 5.61. The van der Waals surface area contributed by atoms with Crippen molar-refractivity contribution in [1.82, 2.24) is 10.3 Å². The smallest absolute Gasteiger partial charge is 0.404 e. The number of rotatable bonds is 6. The van der Waals surface area contributed by atoms with Gasteiger partial charge in [-0.25, -0.2) is 18.0 Å². The van der Waals surface area contributed by atoms with Crippen LogP contribution in [0.3, 0.4) is 0 Å². The van der Waals surface area contributed by atoms with E-state index in [2.05, 4.69) is 15.2 Å². The molecule has 7 nitrogen and oxygen atoms in total. The highest BCUT2D eigenvalue weighted by Crippen LogP contribution is 2.40. The van der Waals surface area contributed by atoms with Gasteiger partial charge in [-0.05, 0) is 65.9 Å². The Morgan fingerprint density at radius 1 is 1.10 bits per heavy atom. The third kappa shape index (κ3) is 5.45. The number of anilines is 1. The normalized spacial score (nSPS) is 17.3. The summed E-state index contributed by atoms with van der Waals surface area (Å²) >= 11 is 0. The average molecular weight is 551 g/mol. The van der Waals surface area contributed by atoms with Crippen LogP contribution in [0.15, 0.2) is 54.7 Å². The van der Waals surface area contributed by atoms with Gasteiger partial charge < -0.3 is 25.8 Å². The molecule has 4 N–H and O–H groups in total. The first kappa shape index (κ1) is 27.4. The molecule has 1 aliphatic heterocycles. The van der Waals surface area contributed by atoms with Crippen LogP contribution < -0.4 is 16.0 Å². The van der Waals surface area contributed by atoms with Gasteiger partial charge in [-0.2, -0.15) is 0 Å². The first-order valence-corrected chi connectivity index (χ1v) is 12.8. The summed E-state index contributed by atoms with van der Waals surface area (Å²) in [6.45, 7) is 2.55. The van der Waals surface area contributed by atoms with Crippen LogP contribution in [0.1, 0.15) is 17.5 Å². The van der Waals surface area contributed by atoms with Gasteiger partial charge in [-0.1, -0.05) is 12.1 Å². The van der Waals surface area contributed by atoms with E-state index >= 15 is 0 Å². The molecule has 1 aromatic heterocycles. The summed E-state index contributed by atoms with van der Waals surface area (Å²) in [6.07, 6.45) is 0.786. The number of piperidine rings is 1. The second kappa shape index (κ2) is 11.1. The molecule has 5 rings (SSSR count). The van der Waals surface area contributed by atoms with Crippen LogP contribution in [0, 0.1) is 24.4 Å². The van der Waals surface area contributed by atoms with Gasteiger partial charge in [-0.15, -0.1) is 0 Å². The maximum absolute atomic E-state index is 14.9. The van der Waals surface area contributed by atoms with E-state index in [1.807, 2.05) is 13.0 Å². The fourth-order valence-corrected chi connectivity index (χ4v) is 5.38. The van der Waals surface area contributed by atoms with Crippen LogP contribution >= 0.6 is 0 Å². The van der Waals surface area contributed by atoms with Crippen LogP contribution in [-0.4, -0.2) is 48.5 Å². The van der Waals surface area contributed by atoms with Crippen molar-refractivity contribution in [3.8, 4) is 22.3 Å². The summed E-state index contributed by atoms with van der Waals surface area (Å²) in [5.74, 6) is -2.03. The summed E-state index contributed by atoms with van der Waals surface area (Å²) < 4.78 is 49.4. The summed E-state index contributed by atoms with van der Waals surface area (Å²) in [7, 11) is 1.61. The molecule has 0 saturated carbocycles. The molecule has 10 heteroatoms. The van der Waals surface area contributed by atoms with Crippen molar-refractivity contribution >= 4 is 22.7 Å². The molecule has 1 aliphatic rings. The largest absolute Gasteiger partial charge is 0.465 e. The van der Waals surface area contributed by atoms with Gasteiger partial charge in [0, 0.05) is 61.6 Å². The number of aromatic nitrogens is 1. The molecule has 4 aromatic rings. The second-order valence-electron chi connectivity index (χ2n) is 10.0. The Balaban J connectivity index is 1.75. The van der Waals surface area contributed by atoms with E-state index in [0.29, 0.717) is 47.1 Å². The summed E-state index contributed by atoms with van der Waals surface area (Å²) in [4.78, 5) is 17.9. The van der Waals surface area contributed by atoms with Gasteiger partial charge in [0.2, 0.25) is 0 Å². The molecule has 1 amide bonds. The van der Waals surface area contributed by atoms with E-state index in [4.69, 9.17) is 15.6 Å². The number of nitrogens with one attached hydrogen (secondary N) is 1. The Labute approximate surface area is 229 Å². The molecule has 0 unspecified atom stereocenters. The third-order valence-corrected chi connectivity index (χ3v) is 7.31. The van der Waals surface area contributed by atoms with E-state index in [-0.39, 0.29) is 35.6 Å². The van der Waals surface area contributed by atoms with E-state index in [1.54, 1.807) is 31.5 Å². The molecule has 208 valence electrons. The Bertz CT molecular complexity index is 1580. The summed E-state index contributed by atoms with van der Waals surface area (Å²) in [5.41, 5.74) is 10.5. The molecule has 0 radical (unpaired) electrons. The molecule has 1 fully saturated rings. The molecular formula is C30H29F3N4O3. The number of amides is 1. The quantitative estimate of drug-likeness (QED) is 0.288. The number of nitrogens with zero attached hydrogens (tertiary/aromatic N) is 2. The number of hydrogen-bond acceptors (Lipinski definition) is 5. The lowest BCUT2D eigenvalue weighted by Crippen LogP contribution is -2.51. The van der Waals surface area contributed by atoms with Crippen LogP contribution in [0.25, 0.3) is 33.2 Å². The highest BCUT2D eigenvalue weighted by molar-refractivity contribution is 6.02. The number of nitrogens with two attached hydrogens (primary N) is 1. The zero-order chi connectivity index (χ0) is 28.6. The number of carboxylic acid groups (broad SMARTS) is 1. The van der Waals surface area contributed by atoms with Crippen molar-refractivity contribution in [3.63, 3.8) is 0 Å². The van der Waals surface area contributed by atoms with Gasteiger partial charge in [0.1, 0.15) is 17.5 Å². The van der Waals surface area contributed by atoms with E-state index < -0.39 is 17.7 Å². The van der Waals surface area contributed by atoms with Crippen molar-refractivity contribution in [2.45, 2.75) is 32.0 Å². The first-order valence-electron chi connectivity index (χ1n) is 12.8. The minimum atomic E-state index is -1.33. The lowest BCUT2D eigenvalue weighted by atomic mass is 9.93. The second-order valence-corrected chi connectivity index (χ2v) is 10.0. The summed E-state index contributed by atoms with van der Waals surface area (Å²) in [5, 5.41) is 11.9. The number of aryl methyl sites for hydroxylation is 1. The van der Waals surface area contributed by atoms with Crippen molar-refractivity contribution < 1.29 is 27.8 Å². The van der Waals surface area contributed by atoms with E-state index in [9.17, 15) is 18.0 Å². The molecule has 40 heavy (non-hydrogen) atoms. The van der Waals surface area contributed by atoms with Gasteiger partial charge in [0.05, 0.1) is 17.3 Å². The number of carbonyl (C=O) groups is 1. The fraction of sp³-hybridized carbons (Fsp3) is 0.267. The lowest BCUT2D eigenvalue weighted by molar-refractivity contribution is 0.0731. The van der Waals surface area contributed by atoms with Gasteiger partial charge in [-0.3, -0.25) is 4.98 Å². The molecule has 0 aliphatic carbocycles. The minimum absolute atomic E-state index is 0.0120. The molecular weight excluding hydrogens is 521 g/mol. The van der Waals surface area contributed by atoms with Crippen molar-refractivity contribution in [3.05, 3.63) is 83.3 Å². The lowest BCUT2D eigenvalue weighted by Gasteiger charge is -2.38. The molecule has 3 aromatic carbocycles. The Morgan fingerprint density at radius 3 is 2.60 bits per heavy atom. The molecule has 2 heterocycles. The van der Waals surface area contributed by atoms with E-state index in [0.717, 1.165) is 17.3 Å². The molecule has 2 atom stereocenters. The zero-order valence-electron chi connectivity index (χ0n) is 22.0. The Morgan fingerprint density at radius 2 is 1.88 bits per heavy atom. The first-order chi connectivity index (χ1) is 19.1. The highest BCUT2D eigenvalue weighted by Gasteiger charge is 2.29. The van der Waals surface area contributed by atoms with Crippen LogP contribution in [-0.2, 0) is 11.3 Å². The van der Waals surface area contributed by atoms with Crippen molar-refractivity contribution in [2.24, 2.45) is 5.73 Å². The number of hydrogen-bond donors (Lipinski definition) is 3. The number of benzene rings is 3. The average Bonchev–Trinajstić information content (AvgIpc) is 2.91. The Kier molecular flexibility index (Phi) is 7.64. The van der Waals surface area contributed by atoms with Gasteiger partial charge >= 0.3 is 6.09 Å². The van der Waals surface area contributed by atoms with Crippen LogP contribution in [0.2, 0.25) is 0 Å². The summed E-state index contributed by atoms with van der Waals surface area (Å²) in [6, 6.07) is 11.7. The Hall–Kier alpha value is -4.15. The van der Waals surface area contributed by atoms with Crippen LogP contribution in [0.4, 0.5) is 23.7 Å². The number of fused-ring (bicyclic) bond motifs is 1. The third-order valence-electron chi connectivity index (χ3n) is 7.31. The molecule has 0 bridgehead atoms. The standard InChI is InChI=1S/C30H29F3N4O3/c1-16-7-18(9-19(31)8-16)23-13-35-27-4-3-17(21-11-20(32)12-25(33)24(21)14-36-30(38)39)10-22(27)29(23)37-6-5-26(34)28(15-37)40-2/h3-4,7-13,26,28,36H,5-6,14-15,34H2,1-2H3,(H,38,39)/t26-,28-/m1/s1.